The first-order valence-electron chi connectivity index (χ1n) is 9.38. The molecule has 2 aromatic carbocycles. The topological polar surface area (TPSA) is 52.9 Å². The van der Waals surface area contributed by atoms with Gasteiger partial charge in [0.05, 0.1) is 12.7 Å². The van der Waals surface area contributed by atoms with Crippen molar-refractivity contribution in [2.24, 2.45) is 5.92 Å². The Balaban J connectivity index is 1.65. The van der Waals surface area contributed by atoms with Crippen LogP contribution in [0.1, 0.15) is 36.1 Å². The van der Waals surface area contributed by atoms with Crippen LogP contribution in [-0.4, -0.2) is 40.1 Å². The summed E-state index contributed by atoms with van der Waals surface area (Å²) in [5, 5.41) is 21.3. The summed E-state index contributed by atoms with van der Waals surface area (Å²) >= 11 is 0. The van der Waals surface area contributed by atoms with Crippen molar-refractivity contribution < 1.29 is 15.1 Å². The first kappa shape index (κ1) is 19.6. The van der Waals surface area contributed by atoms with Gasteiger partial charge in [-0.1, -0.05) is 41.7 Å². The average Bonchev–Trinajstić information content (AvgIpc) is 2.98. The molecule has 4 heteroatoms. The molecular weight excluding hydrogens is 338 g/mol. The van der Waals surface area contributed by atoms with E-state index in [2.05, 4.69) is 30.9 Å². The van der Waals surface area contributed by atoms with Crippen LogP contribution in [0.25, 0.3) is 0 Å². The second-order valence-corrected chi connectivity index (χ2v) is 7.29. The number of hydrogen-bond donors (Lipinski definition) is 2. The number of aryl methyl sites for hydroxylation is 1. The van der Waals surface area contributed by atoms with E-state index in [0.717, 1.165) is 16.7 Å². The molecule has 4 nitrogen and oxygen atoms in total. The van der Waals surface area contributed by atoms with Crippen molar-refractivity contribution in [2.45, 2.75) is 45.6 Å². The molecular formula is C23H27NO3. The van der Waals surface area contributed by atoms with Crippen LogP contribution in [0.2, 0.25) is 0 Å². The van der Waals surface area contributed by atoms with Gasteiger partial charge in [0.25, 0.3) is 0 Å². The van der Waals surface area contributed by atoms with Crippen molar-refractivity contribution in [3.63, 3.8) is 0 Å². The monoisotopic (exact) mass is 365 g/mol. The van der Waals surface area contributed by atoms with Gasteiger partial charge in [0.1, 0.15) is 6.10 Å². The van der Waals surface area contributed by atoms with Crippen molar-refractivity contribution in [1.29, 1.82) is 0 Å². The number of hydrogen-bond acceptors (Lipinski definition) is 4. The van der Waals surface area contributed by atoms with Crippen molar-refractivity contribution in [2.75, 3.05) is 6.61 Å². The number of aliphatic hydroxyl groups excluding tert-OH is 2. The highest BCUT2D eigenvalue weighted by Crippen LogP contribution is 2.30. The maximum Gasteiger partial charge on any atom is 0.111 e. The Labute approximate surface area is 161 Å². The van der Waals surface area contributed by atoms with Gasteiger partial charge in [-0.25, -0.2) is 0 Å². The van der Waals surface area contributed by atoms with E-state index in [1.807, 2.05) is 48.4 Å². The quantitative estimate of drug-likeness (QED) is 0.818. The lowest BCUT2D eigenvalue weighted by atomic mass is 9.94. The van der Waals surface area contributed by atoms with Crippen LogP contribution < -0.4 is 0 Å². The van der Waals surface area contributed by atoms with E-state index in [9.17, 15) is 10.2 Å². The predicted molar refractivity (Wildman–Crippen MR) is 106 cm³/mol. The Bertz CT molecular complexity index is 802. The summed E-state index contributed by atoms with van der Waals surface area (Å²) in [6, 6.07) is 16.3. The van der Waals surface area contributed by atoms with Gasteiger partial charge in [-0.05, 0) is 50.6 Å². The summed E-state index contributed by atoms with van der Waals surface area (Å²) in [4.78, 5) is 5.88. The molecule has 0 radical (unpaired) electrons. The summed E-state index contributed by atoms with van der Waals surface area (Å²) in [6.07, 6.45) is -0.987. The minimum atomic E-state index is -0.617. The third-order valence-corrected chi connectivity index (χ3v) is 5.13. The Morgan fingerprint density at radius 2 is 1.59 bits per heavy atom. The van der Waals surface area contributed by atoms with Crippen LogP contribution >= 0.6 is 0 Å². The summed E-state index contributed by atoms with van der Waals surface area (Å²) < 4.78 is 0. The van der Waals surface area contributed by atoms with E-state index in [4.69, 9.17) is 4.84 Å². The lowest BCUT2D eigenvalue weighted by Gasteiger charge is -2.21. The number of rotatable bonds is 4. The van der Waals surface area contributed by atoms with Crippen LogP contribution in [0.4, 0.5) is 0 Å². The molecule has 1 fully saturated rings. The molecule has 1 aliphatic heterocycles. The standard InChI is InChI=1S/C23H27NO3/c1-16-4-6-19(7-5-16)8-9-20-10-12-21(13-11-20)14-24-17(2)22(15-25)23(27-24)18(3)26/h4-7,10-13,17-18,22-23,25-26H,14-15H2,1-3H3/t17-,18+,22+,23+/m1/s1. The van der Waals surface area contributed by atoms with E-state index < -0.39 is 6.10 Å². The Hall–Kier alpha value is -2.16. The fraction of sp³-hybridized carbons (Fsp3) is 0.391. The zero-order chi connectivity index (χ0) is 19.4. The maximum atomic E-state index is 9.88. The molecule has 0 saturated carbocycles. The smallest absolute Gasteiger partial charge is 0.111 e. The molecule has 2 N–H and O–H groups in total. The maximum absolute atomic E-state index is 9.88. The van der Waals surface area contributed by atoms with Crippen molar-refractivity contribution in [3.05, 3.63) is 70.8 Å². The first-order valence-corrected chi connectivity index (χ1v) is 9.38. The summed E-state index contributed by atoms with van der Waals surface area (Å²) in [6.45, 7) is 6.39. The van der Waals surface area contributed by atoms with Gasteiger partial charge in [0, 0.05) is 29.6 Å². The zero-order valence-corrected chi connectivity index (χ0v) is 16.1. The van der Waals surface area contributed by atoms with Crippen LogP contribution in [-0.2, 0) is 11.4 Å². The molecule has 1 heterocycles. The van der Waals surface area contributed by atoms with E-state index in [1.165, 1.54) is 5.56 Å². The molecule has 0 amide bonds. The molecule has 0 spiro atoms. The van der Waals surface area contributed by atoms with Crippen LogP contribution in [0.5, 0.6) is 0 Å². The first-order chi connectivity index (χ1) is 13.0. The van der Waals surface area contributed by atoms with Gasteiger partial charge < -0.3 is 10.2 Å². The van der Waals surface area contributed by atoms with Crippen molar-refractivity contribution in [1.82, 2.24) is 5.06 Å². The molecule has 0 unspecified atom stereocenters. The number of nitrogens with zero attached hydrogens (tertiary/aromatic N) is 1. The summed E-state index contributed by atoms with van der Waals surface area (Å²) in [5.74, 6) is 6.27. The Morgan fingerprint density at radius 1 is 1.04 bits per heavy atom. The van der Waals surface area contributed by atoms with Crippen LogP contribution in [0.15, 0.2) is 48.5 Å². The van der Waals surface area contributed by atoms with E-state index >= 15 is 0 Å². The number of hydroxylamine groups is 2. The van der Waals surface area contributed by atoms with Crippen LogP contribution in [0, 0.1) is 24.7 Å². The number of benzene rings is 2. The molecule has 3 rings (SSSR count). The molecule has 1 aliphatic rings. The highest BCUT2D eigenvalue weighted by Gasteiger charge is 2.42. The second-order valence-electron chi connectivity index (χ2n) is 7.29. The fourth-order valence-electron chi connectivity index (χ4n) is 3.36. The van der Waals surface area contributed by atoms with E-state index in [1.54, 1.807) is 6.92 Å². The Morgan fingerprint density at radius 3 is 2.07 bits per heavy atom. The summed E-state index contributed by atoms with van der Waals surface area (Å²) in [5.41, 5.74) is 4.29. The number of aliphatic hydroxyl groups is 2. The molecule has 142 valence electrons. The van der Waals surface area contributed by atoms with Crippen molar-refractivity contribution in [3.8, 4) is 11.8 Å². The lowest BCUT2D eigenvalue weighted by Crippen LogP contribution is -2.34. The van der Waals surface area contributed by atoms with Gasteiger partial charge in [0.15, 0.2) is 0 Å². The highest BCUT2D eigenvalue weighted by atomic mass is 16.7. The third-order valence-electron chi connectivity index (χ3n) is 5.13. The van der Waals surface area contributed by atoms with E-state index in [0.29, 0.717) is 6.54 Å². The molecule has 1 saturated heterocycles. The molecule has 0 bridgehead atoms. The minimum Gasteiger partial charge on any atom is -0.396 e. The normalized spacial score (nSPS) is 23.7. The predicted octanol–water partition coefficient (Wildman–Crippen LogP) is 2.89. The van der Waals surface area contributed by atoms with Gasteiger partial charge in [0.2, 0.25) is 0 Å². The third kappa shape index (κ3) is 4.77. The van der Waals surface area contributed by atoms with Gasteiger partial charge in [-0.3, -0.25) is 4.84 Å². The lowest BCUT2D eigenvalue weighted by molar-refractivity contribution is -0.188. The zero-order valence-electron chi connectivity index (χ0n) is 16.1. The minimum absolute atomic E-state index is 0.000765. The average molecular weight is 365 g/mol. The molecule has 4 atom stereocenters. The van der Waals surface area contributed by atoms with Crippen LogP contribution in [0.3, 0.4) is 0 Å². The van der Waals surface area contributed by atoms with Gasteiger partial charge in [-0.15, -0.1) is 0 Å². The molecule has 0 aromatic heterocycles. The fourth-order valence-corrected chi connectivity index (χ4v) is 3.36. The molecule has 2 aromatic rings. The van der Waals surface area contributed by atoms with Crippen molar-refractivity contribution >= 4 is 0 Å². The van der Waals surface area contributed by atoms with E-state index in [-0.39, 0.29) is 24.7 Å². The molecule has 0 aliphatic carbocycles. The van der Waals surface area contributed by atoms with Gasteiger partial charge >= 0.3 is 0 Å². The highest BCUT2D eigenvalue weighted by molar-refractivity contribution is 5.43. The van der Waals surface area contributed by atoms with Gasteiger partial charge in [-0.2, -0.15) is 5.06 Å². The molecule has 27 heavy (non-hydrogen) atoms. The SMILES string of the molecule is Cc1ccc(C#Cc2ccc(CN3O[C@@H]([C@H](C)O)[C@@H](CO)[C@H]3C)cc2)cc1. The Kier molecular flexibility index (Phi) is 6.30. The largest absolute Gasteiger partial charge is 0.396 e. The second kappa shape index (κ2) is 8.69. The summed E-state index contributed by atoms with van der Waals surface area (Å²) in [7, 11) is 0.